The smallest absolute Gasteiger partial charge is 0.329 e. The van der Waals surface area contributed by atoms with Crippen LogP contribution in [0.1, 0.15) is 113 Å². The third-order valence-electron chi connectivity index (χ3n) is 12.9. The number of likely N-dealkylation sites (N-methyl/N-ethyl adjacent to an activating group) is 2. The number of carbonyl (C=O) groups excluding carboxylic acids is 8. The van der Waals surface area contributed by atoms with Gasteiger partial charge >= 0.3 is 11.9 Å². The molecule has 2 heterocycles. The average molecular weight is 943 g/mol. The SMILES string of the molecule is CCC(C)C1NC(=O)[C@@H](NC(=O)[C@H](CC(C)C)NC)[C@@H](C)OC(=O)[C@H](Cc2ccc(OC)cc2)N(C)C(=O)[C@@H]2CCCN2C(=O)[C@H](CC(C)C)NC(=O)C(C)C(=O)C(C(C)C)OC(=O)CC1O. The van der Waals surface area contributed by atoms with Crippen molar-refractivity contribution in [3.63, 3.8) is 0 Å². The van der Waals surface area contributed by atoms with Crippen molar-refractivity contribution in [1.29, 1.82) is 0 Å². The average Bonchev–Trinajstić information content (AvgIpc) is 3.77. The minimum atomic E-state index is -1.55. The van der Waals surface area contributed by atoms with Crippen LogP contribution in [0, 0.1) is 29.6 Å². The molecule has 0 radical (unpaired) electrons. The molecule has 2 fully saturated rings. The number of nitrogens with one attached hydrogen (secondary N) is 4. The lowest BCUT2D eigenvalue weighted by Crippen LogP contribution is -2.61. The molecule has 0 spiro atoms. The van der Waals surface area contributed by atoms with E-state index >= 15 is 0 Å². The number of cyclic esters (lactones) is 2. The summed E-state index contributed by atoms with van der Waals surface area (Å²) in [6.07, 6.45) is -3.30. The molecule has 2 aliphatic rings. The first kappa shape index (κ1) is 56.2. The number of hydrogen-bond donors (Lipinski definition) is 5. The topological polar surface area (TPSA) is 239 Å². The number of ether oxygens (including phenoxy) is 3. The minimum Gasteiger partial charge on any atom is -0.497 e. The lowest BCUT2D eigenvalue weighted by molar-refractivity contribution is -0.163. The van der Waals surface area contributed by atoms with Gasteiger partial charge in [-0.15, -0.1) is 0 Å². The van der Waals surface area contributed by atoms with E-state index in [9.17, 15) is 43.5 Å². The molecule has 0 saturated carbocycles. The van der Waals surface area contributed by atoms with Crippen molar-refractivity contribution in [2.75, 3.05) is 27.7 Å². The van der Waals surface area contributed by atoms with Crippen LogP contribution in [0.3, 0.4) is 0 Å². The second-order valence-electron chi connectivity index (χ2n) is 19.5. The number of carbonyl (C=O) groups is 8. The fourth-order valence-corrected chi connectivity index (χ4v) is 8.55. The summed E-state index contributed by atoms with van der Waals surface area (Å²) in [6, 6.07) is 0.0322. The Balaban J connectivity index is 2.23. The molecule has 18 heteroatoms. The summed E-state index contributed by atoms with van der Waals surface area (Å²) >= 11 is 0. The van der Waals surface area contributed by atoms with Gasteiger partial charge in [-0.05, 0) is 87.9 Å². The molecule has 5 unspecified atom stereocenters. The molecule has 2 saturated heterocycles. The van der Waals surface area contributed by atoms with Gasteiger partial charge < -0.3 is 50.4 Å². The number of nitrogens with zero attached hydrogens (tertiary/aromatic N) is 2. The highest BCUT2D eigenvalue weighted by Crippen LogP contribution is 2.26. The number of methoxy groups -OCH3 is 1. The molecule has 5 amide bonds. The lowest BCUT2D eigenvalue weighted by atomic mass is 9.91. The molecule has 5 N–H and O–H groups in total. The van der Waals surface area contributed by atoms with Gasteiger partial charge in [0.15, 0.2) is 11.9 Å². The number of fused-ring (bicyclic) bond motifs is 1. The van der Waals surface area contributed by atoms with E-state index in [1.54, 1.807) is 52.1 Å². The Morgan fingerprint density at radius 2 is 1.55 bits per heavy atom. The highest BCUT2D eigenvalue weighted by atomic mass is 16.6. The molecule has 3 rings (SSSR count). The molecule has 0 aromatic heterocycles. The highest BCUT2D eigenvalue weighted by molar-refractivity contribution is 6.05. The van der Waals surface area contributed by atoms with Gasteiger partial charge in [-0.1, -0.05) is 73.9 Å². The van der Waals surface area contributed by atoms with Crippen LogP contribution < -0.4 is 26.0 Å². The van der Waals surface area contributed by atoms with Gasteiger partial charge in [0.05, 0.1) is 37.6 Å². The molecular weight excluding hydrogens is 865 g/mol. The highest BCUT2D eigenvalue weighted by Gasteiger charge is 2.44. The Hall–Kier alpha value is -5.10. The summed E-state index contributed by atoms with van der Waals surface area (Å²) in [6.45, 7) is 17.4. The molecule has 11 atom stereocenters. The van der Waals surface area contributed by atoms with Crippen LogP contribution in [0.15, 0.2) is 24.3 Å². The second kappa shape index (κ2) is 25.9. The zero-order valence-corrected chi connectivity index (χ0v) is 41.9. The van der Waals surface area contributed by atoms with Crippen LogP contribution in [0.5, 0.6) is 5.75 Å². The maximum absolute atomic E-state index is 14.7. The van der Waals surface area contributed by atoms with E-state index in [-0.39, 0.29) is 37.6 Å². The Bertz CT molecular complexity index is 1870. The largest absolute Gasteiger partial charge is 0.497 e. The number of aliphatic hydroxyl groups is 1. The molecule has 0 bridgehead atoms. The molecular formula is C49H78N6O12. The van der Waals surface area contributed by atoms with Gasteiger partial charge in [-0.3, -0.25) is 33.6 Å². The number of amides is 5. The summed E-state index contributed by atoms with van der Waals surface area (Å²) in [7, 11) is 4.56. The van der Waals surface area contributed by atoms with Crippen LogP contribution in [0.25, 0.3) is 0 Å². The fourth-order valence-electron chi connectivity index (χ4n) is 8.55. The van der Waals surface area contributed by atoms with E-state index in [0.717, 1.165) is 0 Å². The Morgan fingerprint density at radius 1 is 0.910 bits per heavy atom. The van der Waals surface area contributed by atoms with Crippen molar-refractivity contribution in [2.45, 2.75) is 169 Å². The van der Waals surface area contributed by atoms with Crippen LogP contribution in [0.4, 0.5) is 0 Å². The van der Waals surface area contributed by atoms with Crippen LogP contribution in [0.2, 0.25) is 0 Å². The quantitative estimate of drug-likeness (QED) is 0.142. The van der Waals surface area contributed by atoms with E-state index in [0.29, 0.717) is 30.6 Å². The number of Topliss-reactive ketones (excluding diaryl/α,β-unsaturated/α-hetero) is 1. The van der Waals surface area contributed by atoms with Crippen molar-refractivity contribution in [1.82, 2.24) is 31.1 Å². The Kier molecular flexibility index (Phi) is 21.7. The lowest BCUT2D eigenvalue weighted by Gasteiger charge is -2.35. The van der Waals surface area contributed by atoms with Crippen LogP contribution >= 0.6 is 0 Å². The van der Waals surface area contributed by atoms with E-state index in [1.165, 1.54) is 37.8 Å². The molecule has 18 nitrogen and oxygen atoms in total. The monoisotopic (exact) mass is 943 g/mol. The summed E-state index contributed by atoms with van der Waals surface area (Å²) in [5.41, 5.74) is 0.631. The van der Waals surface area contributed by atoms with E-state index < -0.39 is 126 Å². The fraction of sp³-hybridized carbons (Fsp3) is 0.714. The molecule has 1 aromatic rings. The standard InChI is InChI=1S/C49H78N6O12/c1-14-29(8)40-38(56)25-39(57)67-43(28(6)7)42(58)30(9)44(59)51-35(23-27(4)5)47(62)55-21-15-16-36(55)48(63)54(12)37(24-32-17-19-33(65-13)20-18-32)49(64)66-31(10)41(46(61)52-40)53-45(60)34(50-11)22-26(2)3/h17-20,26-31,34-38,40-41,43,50,56H,14-16,21-25H2,1-13H3,(H,51,59)(H,52,61)(H,53,60)/t29?,30?,31-,34+,35+,36+,37+,38?,40?,41+,43?/m1/s1. The predicted molar refractivity (Wildman–Crippen MR) is 250 cm³/mol. The number of benzene rings is 1. The molecule has 67 heavy (non-hydrogen) atoms. The van der Waals surface area contributed by atoms with Gasteiger partial charge in [-0.25, -0.2) is 4.79 Å². The molecule has 376 valence electrons. The van der Waals surface area contributed by atoms with Gasteiger partial charge in [0, 0.05) is 20.0 Å². The maximum atomic E-state index is 14.7. The van der Waals surface area contributed by atoms with Crippen molar-refractivity contribution in [3.8, 4) is 5.75 Å². The zero-order chi connectivity index (χ0) is 50.4. The van der Waals surface area contributed by atoms with Crippen molar-refractivity contribution >= 4 is 47.3 Å². The summed E-state index contributed by atoms with van der Waals surface area (Å²) < 4.78 is 17.1. The third-order valence-corrected chi connectivity index (χ3v) is 12.9. The van der Waals surface area contributed by atoms with Gasteiger partial charge in [-0.2, -0.15) is 0 Å². The first-order valence-corrected chi connectivity index (χ1v) is 23.9. The van der Waals surface area contributed by atoms with Gasteiger partial charge in [0.2, 0.25) is 29.5 Å². The summed E-state index contributed by atoms with van der Waals surface area (Å²) in [5.74, 6) is -7.71. The number of hydrogen-bond acceptors (Lipinski definition) is 13. The van der Waals surface area contributed by atoms with Crippen molar-refractivity contribution in [3.05, 3.63) is 29.8 Å². The Morgan fingerprint density at radius 3 is 2.10 bits per heavy atom. The predicted octanol–water partition coefficient (Wildman–Crippen LogP) is 2.71. The second-order valence-corrected chi connectivity index (χ2v) is 19.5. The van der Waals surface area contributed by atoms with Crippen LogP contribution in [-0.4, -0.2) is 144 Å². The van der Waals surface area contributed by atoms with Gasteiger partial charge in [0.1, 0.15) is 36.0 Å². The van der Waals surface area contributed by atoms with E-state index in [4.69, 9.17) is 14.2 Å². The number of ketones is 1. The normalized spacial score (nSPS) is 27.8. The Labute approximate surface area is 396 Å². The zero-order valence-electron chi connectivity index (χ0n) is 41.9. The van der Waals surface area contributed by atoms with E-state index in [1.807, 2.05) is 34.6 Å². The number of esters is 2. The molecule has 1 aromatic carbocycles. The first-order valence-electron chi connectivity index (χ1n) is 23.9. The van der Waals surface area contributed by atoms with Crippen molar-refractivity contribution in [2.24, 2.45) is 29.6 Å². The van der Waals surface area contributed by atoms with Crippen LogP contribution in [-0.2, 0) is 54.3 Å². The van der Waals surface area contributed by atoms with Gasteiger partial charge in [0.25, 0.3) is 0 Å². The molecule has 2 aliphatic heterocycles. The third kappa shape index (κ3) is 15.5. The van der Waals surface area contributed by atoms with Crippen molar-refractivity contribution < 1.29 is 57.7 Å². The summed E-state index contributed by atoms with van der Waals surface area (Å²) in [5, 5.41) is 22.9. The number of rotatable bonds is 13. The number of aliphatic hydroxyl groups excluding tert-OH is 1. The maximum Gasteiger partial charge on any atom is 0.329 e. The van der Waals surface area contributed by atoms with E-state index in [2.05, 4.69) is 21.3 Å². The first-order chi connectivity index (χ1) is 31.4. The molecule has 0 aliphatic carbocycles. The minimum absolute atomic E-state index is 0.0500. The summed E-state index contributed by atoms with van der Waals surface area (Å²) in [4.78, 5) is 116.